The van der Waals surface area contributed by atoms with Gasteiger partial charge in [0.05, 0.1) is 7.11 Å². The van der Waals surface area contributed by atoms with E-state index in [-0.39, 0.29) is 0 Å². The lowest BCUT2D eigenvalue weighted by atomic mass is 9.99. The van der Waals surface area contributed by atoms with Gasteiger partial charge in [0.25, 0.3) is 0 Å². The average molecular weight is 289 g/mol. The largest absolute Gasteiger partial charge is 0.496 e. The van der Waals surface area contributed by atoms with Gasteiger partial charge in [0.1, 0.15) is 5.75 Å². The van der Waals surface area contributed by atoms with Gasteiger partial charge in [-0.3, -0.25) is 0 Å². The van der Waals surface area contributed by atoms with Crippen LogP contribution in [-0.4, -0.2) is 57.3 Å². The molecule has 4 nitrogen and oxygen atoms in total. The average Bonchev–Trinajstić information content (AvgIpc) is 2.87. The van der Waals surface area contributed by atoms with Crippen molar-refractivity contribution in [3.8, 4) is 5.75 Å². The van der Waals surface area contributed by atoms with Gasteiger partial charge in [-0.05, 0) is 26.0 Å². The van der Waals surface area contributed by atoms with E-state index in [2.05, 4.69) is 47.2 Å². The number of piperazine rings is 1. The molecule has 4 heteroatoms. The summed E-state index contributed by atoms with van der Waals surface area (Å²) in [4.78, 5) is 5.10. The van der Waals surface area contributed by atoms with Crippen LogP contribution in [0.4, 0.5) is 5.69 Å². The lowest BCUT2D eigenvalue weighted by Crippen LogP contribution is -2.45. The van der Waals surface area contributed by atoms with Crippen LogP contribution in [0, 0.1) is 0 Å². The zero-order valence-corrected chi connectivity index (χ0v) is 13.4. The van der Waals surface area contributed by atoms with E-state index in [0.717, 1.165) is 45.0 Å². The van der Waals surface area contributed by atoms with Gasteiger partial charge >= 0.3 is 0 Å². The second kappa shape index (κ2) is 6.24. The first kappa shape index (κ1) is 14.7. The van der Waals surface area contributed by atoms with Crippen molar-refractivity contribution in [2.45, 2.75) is 25.8 Å². The molecule has 0 spiro atoms. The predicted octanol–water partition coefficient (Wildman–Crippen LogP) is 1.91. The quantitative estimate of drug-likeness (QED) is 0.916. The highest BCUT2D eigenvalue weighted by molar-refractivity contribution is 5.66. The van der Waals surface area contributed by atoms with Gasteiger partial charge in [-0.1, -0.05) is 6.07 Å². The van der Waals surface area contributed by atoms with Gasteiger partial charge in [0, 0.05) is 62.5 Å². The summed E-state index contributed by atoms with van der Waals surface area (Å²) in [6.07, 6.45) is 0. The number of methoxy groups -OCH3 is 1. The van der Waals surface area contributed by atoms with E-state index >= 15 is 0 Å². The highest BCUT2D eigenvalue weighted by Gasteiger charge is 2.33. The number of nitrogens with one attached hydrogen (secondary N) is 1. The molecular formula is C17H27N3O. The molecule has 0 saturated carbocycles. The summed E-state index contributed by atoms with van der Waals surface area (Å²) in [5.41, 5.74) is 2.77. The highest BCUT2D eigenvalue weighted by atomic mass is 16.5. The second-order valence-electron chi connectivity index (χ2n) is 6.39. The molecule has 1 atom stereocenters. The maximum Gasteiger partial charge on any atom is 0.124 e. The fraction of sp³-hybridized carbons (Fsp3) is 0.647. The van der Waals surface area contributed by atoms with Crippen LogP contribution in [0.25, 0.3) is 0 Å². The predicted molar refractivity (Wildman–Crippen MR) is 87.5 cm³/mol. The van der Waals surface area contributed by atoms with Crippen molar-refractivity contribution in [2.75, 3.05) is 51.3 Å². The minimum atomic E-state index is 0.531. The third kappa shape index (κ3) is 2.87. The molecule has 1 N–H and O–H groups in total. The topological polar surface area (TPSA) is 27.7 Å². The molecule has 2 aliphatic rings. The zero-order chi connectivity index (χ0) is 14.8. The molecule has 21 heavy (non-hydrogen) atoms. The molecule has 116 valence electrons. The summed E-state index contributed by atoms with van der Waals surface area (Å²) < 4.78 is 5.65. The minimum Gasteiger partial charge on any atom is -0.496 e. The standard InChI is InChI=1S/C17H27N3O/c1-13(2)20-12-14(11-19-9-7-18-8-10-19)17-15(20)5-4-6-16(17)21-3/h4-6,13-14,18H,7-12H2,1-3H3. The van der Waals surface area contributed by atoms with Gasteiger partial charge in [-0.15, -0.1) is 0 Å². The van der Waals surface area contributed by atoms with Crippen LogP contribution in [0.1, 0.15) is 25.3 Å². The summed E-state index contributed by atoms with van der Waals surface area (Å²) in [5.74, 6) is 1.60. The second-order valence-corrected chi connectivity index (χ2v) is 6.39. The van der Waals surface area contributed by atoms with Crippen LogP contribution in [-0.2, 0) is 0 Å². The molecule has 1 aromatic carbocycles. The van der Waals surface area contributed by atoms with E-state index in [1.807, 2.05) is 0 Å². The highest BCUT2D eigenvalue weighted by Crippen LogP contribution is 2.43. The molecule has 0 bridgehead atoms. The van der Waals surface area contributed by atoms with Crippen LogP contribution < -0.4 is 15.0 Å². The Morgan fingerprint density at radius 2 is 2.05 bits per heavy atom. The smallest absolute Gasteiger partial charge is 0.124 e. The summed E-state index contributed by atoms with van der Waals surface area (Å²) in [6.45, 7) is 11.3. The lowest BCUT2D eigenvalue weighted by Gasteiger charge is -2.30. The van der Waals surface area contributed by atoms with E-state index < -0.39 is 0 Å². The zero-order valence-electron chi connectivity index (χ0n) is 13.4. The Bertz CT molecular complexity index is 483. The van der Waals surface area contributed by atoms with E-state index in [4.69, 9.17) is 4.74 Å². The Labute approximate surface area is 128 Å². The molecular weight excluding hydrogens is 262 g/mol. The Morgan fingerprint density at radius 3 is 2.71 bits per heavy atom. The maximum atomic E-state index is 5.65. The molecule has 3 rings (SSSR count). The fourth-order valence-corrected chi connectivity index (χ4v) is 3.64. The van der Waals surface area contributed by atoms with Crippen LogP contribution in [0.3, 0.4) is 0 Å². The van der Waals surface area contributed by atoms with Crippen LogP contribution >= 0.6 is 0 Å². The summed E-state index contributed by atoms with van der Waals surface area (Å²) in [7, 11) is 1.79. The first-order valence-corrected chi connectivity index (χ1v) is 8.07. The van der Waals surface area contributed by atoms with Crippen molar-refractivity contribution < 1.29 is 4.74 Å². The number of nitrogens with zero attached hydrogens (tertiary/aromatic N) is 2. The maximum absolute atomic E-state index is 5.65. The van der Waals surface area contributed by atoms with E-state index in [9.17, 15) is 0 Å². The van der Waals surface area contributed by atoms with Gasteiger partial charge in [-0.2, -0.15) is 0 Å². The molecule has 0 aliphatic carbocycles. The number of hydrogen-bond donors (Lipinski definition) is 1. The van der Waals surface area contributed by atoms with Crippen molar-refractivity contribution >= 4 is 5.69 Å². The third-order valence-corrected chi connectivity index (χ3v) is 4.71. The van der Waals surface area contributed by atoms with Crippen molar-refractivity contribution in [2.24, 2.45) is 0 Å². The number of benzene rings is 1. The van der Waals surface area contributed by atoms with Crippen LogP contribution in [0.5, 0.6) is 5.75 Å². The number of rotatable bonds is 4. The van der Waals surface area contributed by atoms with Gasteiger partial charge in [0.2, 0.25) is 0 Å². The molecule has 1 aromatic rings. The van der Waals surface area contributed by atoms with E-state index in [1.165, 1.54) is 11.3 Å². The van der Waals surface area contributed by atoms with Crippen molar-refractivity contribution in [3.63, 3.8) is 0 Å². The SMILES string of the molecule is COc1cccc2c1C(CN1CCNCC1)CN2C(C)C. The molecule has 2 heterocycles. The minimum absolute atomic E-state index is 0.531. The van der Waals surface area contributed by atoms with Gasteiger partial charge in [-0.25, -0.2) is 0 Å². The van der Waals surface area contributed by atoms with E-state index in [1.54, 1.807) is 7.11 Å². The summed E-state index contributed by atoms with van der Waals surface area (Å²) >= 11 is 0. The molecule has 1 saturated heterocycles. The summed E-state index contributed by atoms with van der Waals surface area (Å²) in [5, 5.41) is 3.43. The van der Waals surface area contributed by atoms with Gasteiger partial charge in [0.15, 0.2) is 0 Å². The fourth-order valence-electron chi connectivity index (χ4n) is 3.64. The number of anilines is 1. The first-order valence-electron chi connectivity index (χ1n) is 8.07. The van der Waals surface area contributed by atoms with E-state index in [0.29, 0.717) is 12.0 Å². The first-order chi connectivity index (χ1) is 10.2. The number of ether oxygens (including phenoxy) is 1. The Morgan fingerprint density at radius 1 is 1.29 bits per heavy atom. The molecule has 1 fully saturated rings. The molecule has 0 aromatic heterocycles. The van der Waals surface area contributed by atoms with Crippen molar-refractivity contribution in [3.05, 3.63) is 23.8 Å². The monoisotopic (exact) mass is 289 g/mol. The number of fused-ring (bicyclic) bond motifs is 1. The summed E-state index contributed by atoms with van der Waals surface area (Å²) in [6, 6.07) is 6.99. The normalized spacial score (nSPS) is 22.7. The van der Waals surface area contributed by atoms with Crippen LogP contribution in [0.15, 0.2) is 18.2 Å². The molecule has 0 amide bonds. The molecule has 0 radical (unpaired) electrons. The van der Waals surface area contributed by atoms with Gasteiger partial charge < -0.3 is 19.9 Å². The Kier molecular flexibility index (Phi) is 4.36. The Balaban J connectivity index is 1.86. The molecule has 2 aliphatic heterocycles. The third-order valence-electron chi connectivity index (χ3n) is 4.71. The van der Waals surface area contributed by atoms with Crippen molar-refractivity contribution in [1.82, 2.24) is 10.2 Å². The number of hydrogen-bond acceptors (Lipinski definition) is 4. The lowest BCUT2D eigenvalue weighted by molar-refractivity contribution is 0.228. The van der Waals surface area contributed by atoms with Crippen molar-refractivity contribution in [1.29, 1.82) is 0 Å². The Hall–Kier alpha value is -1.26. The van der Waals surface area contributed by atoms with Crippen LogP contribution in [0.2, 0.25) is 0 Å². The molecule has 1 unspecified atom stereocenters.